The highest BCUT2D eigenvalue weighted by molar-refractivity contribution is 5.95. The second-order valence-electron chi connectivity index (χ2n) is 6.48. The molecule has 1 aliphatic rings. The zero-order valence-corrected chi connectivity index (χ0v) is 16.5. The van der Waals surface area contributed by atoms with E-state index >= 15 is 0 Å². The van der Waals surface area contributed by atoms with Gasteiger partial charge in [0.15, 0.2) is 11.5 Å². The maximum Gasteiger partial charge on any atom is 0.251 e. The van der Waals surface area contributed by atoms with E-state index in [0.29, 0.717) is 28.6 Å². The topological polar surface area (TPSA) is 85.8 Å². The minimum atomic E-state index is -0.272. The highest BCUT2D eigenvalue weighted by Crippen LogP contribution is 2.38. The number of rotatable bonds is 7. The van der Waals surface area contributed by atoms with Crippen LogP contribution in [0.1, 0.15) is 35.4 Å². The molecule has 3 rings (SSSR count). The lowest BCUT2D eigenvalue weighted by molar-refractivity contribution is 0.0949. The Kier molecular flexibility index (Phi) is 6.52. The standard InChI is InChI=1S/C20H26N4O4/c1-26-15-11-14(12-16(27-2)19(15)28-3)20(25)22-13-17-21-8-7-18(23-17)24-9-5-4-6-10-24/h7-8,11-12H,4-6,9-10,13H2,1-3H3,(H,22,25). The van der Waals surface area contributed by atoms with Crippen molar-refractivity contribution in [3.63, 3.8) is 0 Å². The van der Waals surface area contributed by atoms with Crippen LogP contribution in [0, 0.1) is 0 Å². The number of hydrogen-bond donors (Lipinski definition) is 1. The van der Waals surface area contributed by atoms with Crippen LogP contribution in [0.4, 0.5) is 5.82 Å². The van der Waals surface area contributed by atoms with E-state index in [1.165, 1.54) is 40.6 Å². The number of nitrogens with one attached hydrogen (secondary N) is 1. The zero-order valence-electron chi connectivity index (χ0n) is 16.5. The van der Waals surface area contributed by atoms with Crippen LogP contribution in [0.15, 0.2) is 24.4 Å². The summed E-state index contributed by atoms with van der Waals surface area (Å²) in [5.74, 6) is 2.51. The molecule has 0 saturated carbocycles. The summed E-state index contributed by atoms with van der Waals surface area (Å²) in [4.78, 5) is 23.7. The first-order valence-corrected chi connectivity index (χ1v) is 9.31. The van der Waals surface area contributed by atoms with Gasteiger partial charge in [-0.2, -0.15) is 0 Å². The summed E-state index contributed by atoms with van der Waals surface area (Å²) in [5.41, 5.74) is 0.404. The highest BCUT2D eigenvalue weighted by atomic mass is 16.5. The molecule has 1 aliphatic heterocycles. The lowest BCUT2D eigenvalue weighted by atomic mass is 10.1. The molecule has 0 atom stereocenters. The number of hydrogen-bond acceptors (Lipinski definition) is 7. The molecule has 1 aromatic heterocycles. The Bertz CT molecular complexity index is 797. The Morgan fingerprint density at radius 3 is 2.36 bits per heavy atom. The van der Waals surface area contributed by atoms with Gasteiger partial charge in [0, 0.05) is 24.8 Å². The van der Waals surface area contributed by atoms with Crippen molar-refractivity contribution >= 4 is 11.7 Å². The normalized spacial score (nSPS) is 13.8. The molecule has 0 spiro atoms. The van der Waals surface area contributed by atoms with Gasteiger partial charge in [-0.15, -0.1) is 0 Å². The molecule has 2 aromatic rings. The van der Waals surface area contributed by atoms with Crippen LogP contribution in [0.3, 0.4) is 0 Å². The van der Waals surface area contributed by atoms with E-state index in [-0.39, 0.29) is 12.5 Å². The number of benzene rings is 1. The van der Waals surface area contributed by atoms with Crippen LogP contribution in [0.5, 0.6) is 17.2 Å². The first-order valence-electron chi connectivity index (χ1n) is 9.31. The molecule has 2 heterocycles. The first-order chi connectivity index (χ1) is 13.7. The average Bonchev–Trinajstić information content (AvgIpc) is 2.77. The van der Waals surface area contributed by atoms with E-state index in [0.717, 1.165) is 18.9 Å². The summed E-state index contributed by atoms with van der Waals surface area (Å²) in [6.07, 6.45) is 5.35. The lowest BCUT2D eigenvalue weighted by Gasteiger charge is -2.27. The second-order valence-corrected chi connectivity index (χ2v) is 6.48. The lowest BCUT2D eigenvalue weighted by Crippen LogP contribution is -2.31. The summed E-state index contributed by atoms with van der Waals surface area (Å²) in [7, 11) is 4.55. The number of carbonyl (C=O) groups excluding carboxylic acids is 1. The maximum absolute atomic E-state index is 12.6. The minimum absolute atomic E-state index is 0.233. The van der Waals surface area contributed by atoms with Gasteiger partial charge in [0.25, 0.3) is 5.91 Å². The third-order valence-electron chi connectivity index (χ3n) is 4.70. The van der Waals surface area contributed by atoms with Gasteiger partial charge in [-0.05, 0) is 37.5 Å². The van der Waals surface area contributed by atoms with Crippen LogP contribution in [-0.4, -0.2) is 50.3 Å². The fraction of sp³-hybridized carbons (Fsp3) is 0.450. The molecule has 0 radical (unpaired) electrons. The Labute approximate surface area is 164 Å². The number of nitrogens with zero attached hydrogens (tertiary/aromatic N) is 3. The summed E-state index contributed by atoms with van der Waals surface area (Å²) >= 11 is 0. The van der Waals surface area contributed by atoms with Gasteiger partial charge >= 0.3 is 0 Å². The first kappa shape index (κ1) is 19.7. The van der Waals surface area contributed by atoms with Crippen LogP contribution in [0.25, 0.3) is 0 Å². The number of aromatic nitrogens is 2. The van der Waals surface area contributed by atoms with Gasteiger partial charge in [-0.3, -0.25) is 4.79 Å². The van der Waals surface area contributed by atoms with Crippen LogP contribution < -0.4 is 24.4 Å². The fourth-order valence-electron chi connectivity index (χ4n) is 3.25. The number of piperidine rings is 1. The van der Waals surface area contributed by atoms with Gasteiger partial charge in [-0.25, -0.2) is 9.97 Å². The van der Waals surface area contributed by atoms with Crippen molar-refractivity contribution in [2.45, 2.75) is 25.8 Å². The molecule has 0 unspecified atom stereocenters. The SMILES string of the molecule is COc1cc(C(=O)NCc2nccc(N3CCCCC3)n2)cc(OC)c1OC. The molecule has 8 heteroatoms. The number of anilines is 1. The number of amides is 1. The molecular weight excluding hydrogens is 360 g/mol. The van der Waals surface area contributed by atoms with Crippen molar-refractivity contribution in [1.82, 2.24) is 15.3 Å². The Hall–Kier alpha value is -3.03. The van der Waals surface area contributed by atoms with E-state index in [1.54, 1.807) is 18.3 Å². The van der Waals surface area contributed by atoms with Crippen molar-refractivity contribution in [3.8, 4) is 17.2 Å². The third kappa shape index (κ3) is 4.44. The van der Waals surface area contributed by atoms with Crippen LogP contribution >= 0.6 is 0 Å². The quantitative estimate of drug-likeness (QED) is 0.782. The van der Waals surface area contributed by atoms with Crippen LogP contribution in [0.2, 0.25) is 0 Å². The molecule has 0 bridgehead atoms. The predicted molar refractivity (Wildman–Crippen MR) is 105 cm³/mol. The van der Waals surface area contributed by atoms with Gasteiger partial charge in [0.05, 0.1) is 27.9 Å². The van der Waals surface area contributed by atoms with Crippen molar-refractivity contribution in [1.29, 1.82) is 0 Å². The van der Waals surface area contributed by atoms with Crippen molar-refractivity contribution in [2.75, 3.05) is 39.3 Å². The highest BCUT2D eigenvalue weighted by Gasteiger charge is 2.17. The summed E-state index contributed by atoms with van der Waals surface area (Å²) in [5, 5.41) is 2.85. The molecule has 150 valence electrons. The van der Waals surface area contributed by atoms with E-state index < -0.39 is 0 Å². The summed E-state index contributed by atoms with van der Waals surface area (Å²) in [6, 6.07) is 5.14. The Balaban J connectivity index is 1.70. The molecule has 0 aliphatic carbocycles. The van der Waals surface area contributed by atoms with E-state index in [2.05, 4.69) is 20.2 Å². The summed E-state index contributed by atoms with van der Waals surface area (Å²) < 4.78 is 15.9. The molecule has 1 amide bonds. The van der Waals surface area contributed by atoms with Crippen molar-refractivity contribution in [2.24, 2.45) is 0 Å². The maximum atomic E-state index is 12.6. The smallest absolute Gasteiger partial charge is 0.251 e. The van der Waals surface area contributed by atoms with Crippen molar-refractivity contribution in [3.05, 3.63) is 35.8 Å². The molecule has 28 heavy (non-hydrogen) atoms. The van der Waals surface area contributed by atoms with Crippen LogP contribution in [-0.2, 0) is 6.54 Å². The Morgan fingerprint density at radius 1 is 1.07 bits per heavy atom. The molecule has 1 N–H and O–H groups in total. The Morgan fingerprint density at radius 2 is 1.75 bits per heavy atom. The van der Waals surface area contributed by atoms with Crippen molar-refractivity contribution < 1.29 is 19.0 Å². The summed E-state index contributed by atoms with van der Waals surface area (Å²) in [6.45, 7) is 2.25. The third-order valence-corrected chi connectivity index (χ3v) is 4.70. The van der Waals surface area contributed by atoms with Gasteiger partial charge < -0.3 is 24.4 Å². The monoisotopic (exact) mass is 386 g/mol. The van der Waals surface area contributed by atoms with Gasteiger partial charge in [0.2, 0.25) is 5.75 Å². The van der Waals surface area contributed by atoms with Gasteiger partial charge in [0.1, 0.15) is 11.6 Å². The second kappa shape index (κ2) is 9.25. The van der Waals surface area contributed by atoms with E-state index in [4.69, 9.17) is 14.2 Å². The van der Waals surface area contributed by atoms with E-state index in [1.807, 2.05) is 6.07 Å². The number of methoxy groups -OCH3 is 3. The van der Waals surface area contributed by atoms with E-state index in [9.17, 15) is 4.79 Å². The molecule has 1 fully saturated rings. The molecular formula is C20H26N4O4. The average molecular weight is 386 g/mol. The fourth-order valence-corrected chi connectivity index (χ4v) is 3.25. The molecule has 1 aromatic carbocycles. The largest absolute Gasteiger partial charge is 0.493 e. The number of carbonyl (C=O) groups is 1. The minimum Gasteiger partial charge on any atom is -0.493 e. The molecule has 8 nitrogen and oxygen atoms in total. The predicted octanol–water partition coefficient (Wildman–Crippen LogP) is 2.42. The number of ether oxygens (including phenoxy) is 3. The molecule has 1 saturated heterocycles. The van der Waals surface area contributed by atoms with Gasteiger partial charge in [-0.1, -0.05) is 0 Å². The zero-order chi connectivity index (χ0) is 19.9.